The number of aromatic nitrogens is 2. The third-order valence-electron chi connectivity index (χ3n) is 3.00. The predicted octanol–water partition coefficient (Wildman–Crippen LogP) is 3.60. The molecule has 1 N–H and O–H groups in total. The lowest BCUT2D eigenvalue weighted by Gasteiger charge is -2.03. The molecule has 3 aromatic rings. The monoisotopic (exact) mass is 249 g/mol. The molecule has 0 unspecified atom stereocenters. The summed E-state index contributed by atoms with van der Waals surface area (Å²) in [7, 11) is 0. The number of hydrogen-bond donors (Lipinski definition) is 1. The van der Waals surface area contributed by atoms with E-state index in [1.54, 1.807) is 0 Å². The number of benzene rings is 1. The van der Waals surface area contributed by atoms with Crippen LogP contribution in [0.4, 0.5) is 5.69 Å². The Labute approximate surface area is 112 Å². The Morgan fingerprint density at radius 2 is 2.00 bits per heavy atom. The van der Waals surface area contributed by atoms with Gasteiger partial charge in [-0.2, -0.15) is 0 Å². The van der Waals surface area contributed by atoms with Gasteiger partial charge in [-0.3, -0.25) is 0 Å². The first-order chi connectivity index (χ1) is 9.36. The van der Waals surface area contributed by atoms with Crippen LogP contribution in [-0.2, 0) is 0 Å². The van der Waals surface area contributed by atoms with E-state index in [4.69, 9.17) is 0 Å². The molecule has 1 aromatic carbocycles. The Balaban J connectivity index is 1.90. The van der Waals surface area contributed by atoms with E-state index in [1.807, 2.05) is 41.1 Å². The maximum absolute atomic E-state index is 4.60. The van der Waals surface area contributed by atoms with Crippen LogP contribution in [0.25, 0.3) is 16.9 Å². The quantitative estimate of drug-likeness (QED) is 0.716. The van der Waals surface area contributed by atoms with Gasteiger partial charge in [0.25, 0.3) is 0 Å². The van der Waals surface area contributed by atoms with E-state index < -0.39 is 0 Å². The number of hydrogen-bond acceptors (Lipinski definition) is 2. The molecule has 3 rings (SSSR count). The molecule has 0 radical (unpaired) electrons. The fraction of sp³-hybridized carbons (Fsp3) is 0.0625. The number of pyridine rings is 1. The summed E-state index contributed by atoms with van der Waals surface area (Å²) in [6.07, 6.45) is 5.89. The maximum atomic E-state index is 4.60. The molecule has 0 amide bonds. The van der Waals surface area contributed by atoms with E-state index in [-0.39, 0.29) is 0 Å². The lowest BCUT2D eigenvalue weighted by Crippen LogP contribution is -1.96. The Morgan fingerprint density at radius 1 is 1.16 bits per heavy atom. The summed E-state index contributed by atoms with van der Waals surface area (Å²) in [6.45, 7) is 4.46. The average molecular weight is 249 g/mol. The summed E-state index contributed by atoms with van der Waals surface area (Å²) in [5.74, 6) is 0. The van der Waals surface area contributed by atoms with Crippen molar-refractivity contribution in [3.8, 4) is 11.3 Å². The van der Waals surface area contributed by atoms with Crippen molar-refractivity contribution in [1.29, 1.82) is 0 Å². The summed E-state index contributed by atoms with van der Waals surface area (Å²) >= 11 is 0. The third-order valence-corrected chi connectivity index (χ3v) is 3.00. The first-order valence-electron chi connectivity index (χ1n) is 6.26. The molecular formula is C16H15N3. The van der Waals surface area contributed by atoms with E-state index in [9.17, 15) is 0 Å². The van der Waals surface area contributed by atoms with Crippen molar-refractivity contribution in [2.75, 3.05) is 11.9 Å². The highest BCUT2D eigenvalue weighted by molar-refractivity contribution is 5.65. The van der Waals surface area contributed by atoms with E-state index in [0.29, 0.717) is 0 Å². The predicted molar refractivity (Wildman–Crippen MR) is 79.3 cm³/mol. The number of nitrogens with zero attached hydrogens (tertiary/aromatic N) is 2. The minimum Gasteiger partial charge on any atom is -0.382 e. The minimum atomic E-state index is 0.772. The van der Waals surface area contributed by atoms with E-state index in [2.05, 4.69) is 41.1 Å². The zero-order valence-electron chi connectivity index (χ0n) is 10.6. The van der Waals surface area contributed by atoms with Gasteiger partial charge in [0.15, 0.2) is 0 Å². The van der Waals surface area contributed by atoms with Gasteiger partial charge in [-0.25, -0.2) is 4.98 Å². The molecule has 3 nitrogen and oxygen atoms in total. The molecule has 0 bridgehead atoms. The lowest BCUT2D eigenvalue weighted by molar-refractivity contribution is 1.19. The first kappa shape index (κ1) is 11.5. The Bertz CT molecular complexity index is 662. The highest BCUT2D eigenvalue weighted by Gasteiger charge is 2.03. The Kier molecular flexibility index (Phi) is 3.02. The van der Waals surface area contributed by atoms with Gasteiger partial charge < -0.3 is 9.72 Å². The summed E-state index contributed by atoms with van der Waals surface area (Å²) in [5, 5.41) is 3.26. The van der Waals surface area contributed by atoms with Crippen molar-refractivity contribution < 1.29 is 0 Å². The second-order valence-electron chi connectivity index (χ2n) is 4.34. The van der Waals surface area contributed by atoms with Crippen LogP contribution in [0.15, 0.2) is 67.5 Å². The molecule has 2 heterocycles. The molecule has 0 aliphatic heterocycles. The molecule has 0 aliphatic carbocycles. The molecule has 3 heteroatoms. The van der Waals surface area contributed by atoms with Crippen molar-refractivity contribution in [2.24, 2.45) is 0 Å². The van der Waals surface area contributed by atoms with Gasteiger partial charge in [-0.15, -0.1) is 6.58 Å². The van der Waals surface area contributed by atoms with Crippen molar-refractivity contribution in [1.82, 2.24) is 9.38 Å². The molecule has 0 aliphatic rings. The van der Waals surface area contributed by atoms with Crippen LogP contribution in [0.5, 0.6) is 0 Å². The molecular weight excluding hydrogens is 234 g/mol. The van der Waals surface area contributed by atoms with Crippen molar-refractivity contribution >= 4 is 11.3 Å². The van der Waals surface area contributed by atoms with Crippen LogP contribution in [0.1, 0.15) is 0 Å². The normalized spacial score (nSPS) is 10.5. The van der Waals surface area contributed by atoms with Gasteiger partial charge in [-0.1, -0.05) is 24.3 Å². The largest absolute Gasteiger partial charge is 0.382 e. The maximum Gasteiger partial charge on any atom is 0.137 e. The molecule has 0 atom stereocenters. The second-order valence-corrected chi connectivity index (χ2v) is 4.34. The van der Waals surface area contributed by atoms with Crippen LogP contribution in [0, 0.1) is 0 Å². The van der Waals surface area contributed by atoms with Crippen LogP contribution in [0.3, 0.4) is 0 Å². The van der Waals surface area contributed by atoms with Gasteiger partial charge in [-0.05, 0) is 24.3 Å². The van der Waals surface area contributed by atoms with Crippen molar-refractivity contribution in [2.45, 2.75) is 0 Å². The molecule has 0 saturated carbocycles. The topological polar surface area (TPSA) is 29.3 Å². The number of rotatable bonds is 4. The van der Waals surface area contributed by atoms with Gasteiger partial charge in [0, 0.05) is 30.2 Å². The van der Waals surface area contributed by atoms with Gasteiger partial charge in [0.2, 0.25) is 0 Å². The number of nitrogens with one attached hydrogen (secondary N) is 1. The molecule has 19 heavy (non-hydrogen) atoms. The van der Waals surface area contributed by atoms with E-state index >= 15 is 0 Å². The van der Waals surface area contributed by atoms with Crippen LogP contribution in [-0.4, -0.2) is 15.9 Å². The van der Waals surface area contributed by atoms with Gasteiger partial charge >= 0.3 is 0 Å². The van der Waals surface area contributed by atoms with E-state index in [0.717, 1.165) is 29.1 Å². The fourth-order valence-corrected chi connectivity index (χ4v) is 2.02. The number of imidazole rings is 1. The Hall–Kier alpha value is -2.55. The molecule has 0 saturated heterocycles. The standard InChI is InChI=1S/C16H15N3/c1-2-10-17-14-8-6-13(7-9-14)15-12-19-11-4-3-5-16(19)18-15/h2-9,11-12,17H,1,10H2. The van der Waals surface area contributed by atoms with Crippen molar-refractivity contribution in [3.05, 3.63) is 67.5 Å². The second kappa shape index (κ2) is 4.98. The average Bonchev–Trinajstić information content (AvgIpc) is 2.89. The van der Waals surface area contributed by atoms with Crippen LogP contribution >= 0.6 is 0 Å². The SMILES string of the molecule is C=CCNc1ccc(-c2cn3ccccc3n2)cc1. The van der Waals surface area contributed by atoms with Crippen LogP contribution in [0.2, 0.25) is 0 Å². The highest BCUT2D eigenvalue weighted by atomic mass is 15.0. The molecule has 0 fully saturated rings. The first-order valence-corrected chi connectivity index (χ1v) is 6.26. The summed E-state index contributed by atoms with van der Waals surface area (Å²) in [5.41, 5.74) is 4.16. The zero-order valence-corrected chi connectivity index (χ0v) is 10.6. The molecule has 94 valence electrons. The summed E-state index contributed by atoms with van der Waals surface area (Å²) in [4.78, 5) is 4.60. The number of fused-ring (bicyclic) bond motifs is 1. The minimum absolute atomic E-state index is 0.772. The fourth-order valence-electron chi connectivity index (χ4n) is 2.02. The lowest BCUT2D eigenvalue weighted by atomic mass is 10.1. The zero-order chi connectivity index (χ0) is 13.1. The Morgan fingerprint density at radius 3 is 2.74 bits per heavy atom. The van der Waals surface area contributed by atoms with E-state index in [1.165, 1.54) is 0 Å². The number of anilines is 1. The molecule has 2 aromatic heterocycles. The third kappa shape index (κ3) is 2.36. The van der Waals surface area contributed by atoms with Gasteiger partial charge in [0.05, 0.1) is 5.69 Å². The summed E-state index contributed by atoms with van der Waals surface area (Å²) in [6, 6.07) is 14.3. The van der Waals surface area contributed by atoms with Crippen LogP contribution < -0.4 is 5.32 Å². The van der Waals surface area contributed by atoms with Crippen molar-refractivity contribution in [3.63, 3.8) is 0 Å². The smallest absolute Gasteiger partial charge is 0.137 e. The van der Waals surface area contributed by atoms with Gasteiger partial charge in [0.1, 0.15) is 5.65 Å². The highest BCUT2D eigenvalue weighted by Crippen LogP contribution is 2.21. The summed E-state index contributed by atoms with van der Waals surface area (Å²) < 4.78 is 2.03. The molecule has 0 spiro atoms.